The van der Waals surface area contributed by atoms with Gasteiger partial charge in [0.15, 0.2) is 5.96 Å². The van der Waals surface area contributed by atoms with Crippen LogP contribution in [0.3, 0.4) is 0 Å². The third kappa shape index (κ3) is 3.90. The molecular formula is C19H20N6OS. The SMILES string of the molecule is CC.NC(N)=Nc1nc(C(=O)Nc2ccc3c(c2)[nH]c2ccccc23)cs1. The first-order valence-corrected chi connectivity index (χ1v) is 9.35. The Morgan fingerprint density at radius 2 is 1.85 bits per heavy atom. The molecule has 7 nitrogen and oxygen atoms in total. The summed E-state index contributed by atoms with van der Waals surface area (Å²) < 4.78 is 0. The molecule has 0 fully saturated rings. The largest absolute Gasteiger partial charge is 0.370 e. The van der Waals surface area contributed by atoms with Crippen LogP contribution in [0.4, 0.5) is 10.8 Å². The van der Waals surface area contributed by atoms with Crippen LogP contribution in [0.2, 0.25) is 0 Å². The molecule has 27 heavy (non-hydrogen) atoms. The van der Waals surface area contributed by atoms with Crippen molar-refractivity contribution in [1.82, 2.24) is 9.97 Å². The number of benzene rings is 2. The van der Waals surface area contributed by atoms with Crippen LogP contribution in [0, 0.1) is 0 Å². The average molecular weight is 380 g/mol. The summed E-state index contributed by atoms with van der Waals surface area (Å²) in [6.07, 6.45) is 0. The molecule has 0 saturated carbocycles. The van der Waals surface area contributed by atoms with Gasteiger partial charge in [0.2, 0.25) is 5.13 Å². The van der Waals surface area contributed by atoms with Gasteiger partial charge < -0.3 is 21.8 Å². The highest BCUT2D eigenvalue weighted by Crippen LogP contribution is 2.27. The van der Waals surface area contributed by atoms with Gasteiger partial charge in [-0.2, -0.15) is 4.99 Å². The molecule has 0 aliphatic heterocycles. The number of carbonyl (C=O) groups excluding carboxylic acids is 1. The molecule has 0 atom stereocenters. The number of nitrogens with two attached hydrogens (primary N) is 2. The van der Waals surface area contributed by atoms with E-state index in [0.29, 0.717) is 10.8 Å². The average Bonchev–Trinajstić information content (AvgIpc) is 3.26. The van der Waals surface area contributed by atoms with Crippen LogP contribution < -0.4 is 16.8 Å². The number of H-pyrrole nitrogens is 1. The maximum absolute atomic E-state index is 12.3. The highest BCUT2D eigenvalue weighted by molar-refractivity contribution is 7.13. The Hall–Kier alpha value is -3.39. The number of aliphatic imine (C=N–C) groups is 1. The minimum atomic E-state index is -0.316. The van der Waals surface area contributed by atoms with E-state index in [9.17, 15) is 4.79 Å². The molecule has 4 aromatic rings. The van der Waals surface area contributed by atoms with Crippen LogP contribution in [0.1, 0.15) is 24.3 Å². The number of aromatic nitrogens is 2. The number of hydrogen-bond acceptors (Lipinski definition) is 4. The van der Waals surface area contributed by atoms with Gasteiger partial charge in [-0.05, 0) is 18.2 Å². The molecule has 8 heteroatoms. The summed E-state index contributed by atoms with van der Waals surface area (Å²) in [5.41, 5.74) is 13.6. The molecule has 1 amide bonds. The third-order valence-electron chi connectivity index (χ3n) is 3.71. The van der Waals surface area contributed by atoms with Gasteiger partial charge >= 0.3 is 0 Å². The summed E-state index contributed by atoms with van der Waals surface area (Å²) in [5, 5.41) is 7.05. The number of nitrogens with zero attached hydrogens (tertiary/aromatic N) is 2. The zero-order valence-corrected chi connectivity index (χ0v) is 15.8. The fourth-order valence-electron chi connectivity index (χ4n) is 2.66. The van der Waals surface area contributed by atoms with E-state index in [-0.39, 0.29) is 17.6 Å². The Labute approximate surface area is 160 Å². The number of carbonyl (C=O) groups is 1. The number of guanidine groups is 1. The van der Waals surface area contributed by atoms with E-state index in [2.05, 4.69) is 26.3 Å². The Balaban J connectivity index is 0.00000102. The van der Waals surface area contributed by atoms with Crippen molar-refractivity contribution >= 4 is 55.8 Å². The lowest BCUT2D eigenvalue weighted by atomic mass is 10.1. The molecule has 138 valence electrons. The molecule has 0 unspecified atom stereocenters. The highest BCUT2D eigenvalue weighted by Gasteiger charge is 2.12. The van der Waals surface area contributed by atoms with E-state index in [1.807, 2.05) is 50.2 Å². The fourth-order valence-corrected chi connectivity index (χ4v) is 3.34. The van der Waals surface area contributed by atoms with Gasteiger partial charge in [-0.1, -0.05) is 38.1 Å². The molecule has 0 aliphatic carbocycles. The molecule has 0 bridgehead atoms. The third-order valence-corrected chi connectivity index (χ3v) is 4.45. The highest BCUT2D eigenvalue weighted by atomic mass is 32.1. The van der Waals surface area contributed by atoms with Crippen LogP contribution in [-0.4, -0.2) is 21.8 Å². The quantitative estimate of drug-likeness (QED) is 0.317. The van der Waals surface area contributed by atoms with Crippen LogP contribution in [0.15, 0.2) is 52.8 Å². The second-order valence-corrected chi connectivity index (χ2v) is 6.27. The maximum atomic E-state index is 12.3. The number of nitrogens with one attached hydrogen (secondary N) is 2. The Morgan fingerprint density at radius 1 is 1.11 bits per heavy atom. The van der Waals surface area contributed by atoms with Gasteiger partial charge in [0.25, 0.3) is 5.91 Å². The van der Waals surface area contributed by atoms with Gasteiger partial charge in [-0.15, -0.1) is 11.3 Å². The van der Waals surface area contributed by atoms with E-state index in [0.717, 1.165) is 21.8 Å². The predicted octanol–water partition coefficient (Wildman–Crippen LogP) is 3.96. The standard InChI is InChI=1S/C17H14N6OS.C2H6/c18-16(19)23-17-22-14(8-25-17)15(24)20-9-5-6-11-10-3-1-2-4-12(10)21-13(11)7-9;1-2/h1-8,21H,(H,20,24)(H4,18,19,22,23);1-2H3. The Bertz CT molecular complexity index is 1120. The first kappa shape index (κ1) is 18.4. The van der Waals surface area contributed by atoms with Crippen molar-refractivity contribution < 1.29 is 4.79 Å². The monoisotopic (exact) mass is 380 g/mol. The Morgan fingerprint density at radius 3 is 2.63 bits per heavy atom. The molecule has 4 rings (SSSR count). The van der Waals surface area contributed by atoms with Crippen LogP contribution in [0.25, 0.3) is 21.8 Å². The van der Waals surface area contributed by atoms with E-state index in [4.69, 9.17) is 11.5 Å². The number of para-hydroxylation sites is 1. The predicted molar refractivity (Wildman–Crippen MR) is 113 cm³/mol. The topological polar surface area (TPSA) is 122 Å². The van der Waals surface area contributed by atoms with Crippen molar-refractivity contribution in [3.05, 3.63) is 53.5 Å². The van der Waals surface area contributed by atoms with Gasteiger partial charge in [0.1, 0.15) is 5.69 Å². The fraction of sp³-hybridized carbons (Fsp3) is 0.105. The van der Waals surface area contributed by atoms with E-state index < -0.39 is 0 Å². The summed E-state index contributed by atoms with van der Waals surface area (Å²) >= 11 is 1.20. The molecule has 2 heterocycles. The number of anilines is 1. The van der Waals surface area contributed by atoms with Gasteiger partial charge in [-0.25, -0.2) is 4.98 Å². The van der Waals surface area contributed by atoms with Gasteiger partial charge in [0.05, 0.1) is 0 Å². The number of fused-ring (bicyclic) bond motifs is 3. The zero-order chi connectivity index (χ0) is 19.4. The molecule has 2 aromatic carbocycles. The summed E-state index contributed by atoms with van der Waals surface area (Å²) in [5.74, 6) is -0.408. The number of amides is 1. The second kappa shape index (κ2) is 7.88. The molecular weight excluding hydrogens is 360 g/mol. The Kier molecular flexibility index (Phi) is 5.37. The lowest BCUT2D eigenvalue weighted by molar-refractivity contribution is 0.102. The number of hydrogen-bond donors (Lipinski definition) is 4. The van der Waals surface area contributed by atoms with Crippen molar-refractivity contribution in [2.75, 3.05) is 5.32 Å². The first-order chi connectivity index (χ1) is 13.1. The minimum Gasteiger partial charge on any atom is -0.370 e. The second-order valence-electron chi connectivity index (χ2n) is 5.44. The van der Waals surface area contributed by atoms with Crippen LogP contribution >= 0.6 is 11.3 Å². The van der Waals surface area contributed by atoms with Crippen LogP contribution in [0.5, 0.6) is 0 Å². The number of thiazole rings is 1. The van der Waals surface area contributed by atoms with Crippen molar-refractivity contribution in [2.24, 2.45) is 16.5 Å². The van der Waals surface area contributed by atoms with Crippen molar-refractivity contribution in [3.63, 3.8) is 0 Å². The number of rotatable bonds is 3. The molecule has 0 radical (unpaired) electrons. The minimum absolute atomic E-state index is 0.0921. The summed E-state index contributed by atoms with van der Waals surface area (Å²) in [6.45, 7) is 4.00. The lowest BCUT2D eigenvalue weighted by Crippen LogP contribution is -2.21. The molecule has 0 aliphatic rings. The van der Waals surface area contributed by atoms with E-state index in [1.165, 1.54) is 11.3 Å². The smallest absolute Gasteiger partial charge is 0.275 e. The van der Waals surface area contributed by atoms with E-state index >= 15 is 0 Å². The molecule has 0 spiro atoms. The lowest BCUT2D eigenvalue weighted by Gasteiger charge is -2.03. The van der Waals surface area contributed by atoms with Crippen LogP contribution in [-0.2, 0) is 0 Å². The summed E-state index contributed by atoms with van der Waals surface area (Å²) in [7, 11) is 0. The van der Waals surface area contributed by atoms with E-state index in [1.54, 1.807) is 5.38 Å². The van der Waals surface area contributed by atoms with Gasteiger partial charge in [-0.3, -0.25) is 4.79 Å². The normalized spacial score (nSPS) is 10.3. The van der Waals surface area contributed by atoms with Crippen molar-refractivity contribution in [1.29, 1.82) is 0 Å². The number of aromatic amines is 1. The molecule has 0 saturated heterocycles. The molecule has 6 N–H and O–H groups in total. The molecule has 2 aromatic heterocycles. The summed E-state index contributed by atoms with van der Waals surface area (Å²) in [6, 6.07) is 13.8. The first-order valence-electron chi connectivity index (χ1n) is 8.47. The zero-order valence-electron chi connectivity index (χ0n) is 15.0. The summed E-state index contributed by atoms with van der Waals surface area (Å²) in [4.78, 5) is 23.6. The van der Waals surface area contributed by atoms with Crippen molar-refractivity contribution in [3.8, 4) is 0 Å². The maximum Gasteiger partial charge on any atom is 0.275 e. The van der Waals surface area contributed by atoms with Gasteiger partial charge in [0, 0.05) is 32.9 Å². The van der Waals surface area contributed by atoms with Crippen molar-refractivity contribution in [2.45, 2.75) is 13.8 Å².